The zero-order valence-electron chi connectivity index (χ0n) is 11.0. The maximum atomic E-state index is 3.58. The first kappa shape index (κ1) is 13.1. The molecule has 1 atom stereocenters. The van der Waals surface area contributed by atoms with Crippen LogP contribution >= 0.6 is 11.3 Å². The van der Waals surface area contributed by atoms with E-state index in [0.29, 0.717) is 6.04 Å². The van der Waals surface area contributed by atoms with Crippen LogP contribution in [-0.4, -0.2) is 30.6 Å². The van der Waals surface area contributed by atoms with Crippen molar-refractivity contribution in [3.63, 3.8) is 0 Å². The van der Waals surface area contributed by atoms with Gasteiger partial charge >= 0.3 is 0 Å². The Hall–Kier alpha value is -0.380. The predicted octanol–water partition coefficient (Wildman–Crippen LogP) is 3.10. The summed E-state index contributed by atoms with van der Waals surface area (Å²) in [4.78, 5) is 3.93. The SMILES string of the molecule is CC(CCCNC1CC1)N(C)Cc1cccs1. The molecule has 3 heteroatoms. The highest BCUT2D eigenvalue weighted by Gasteiger charge is 2.19. The largest absolute Gasteiger partial charge is 0.314 e. The first-order chi connectivity index (χ1) is 8.25. The lowest BCUT2D eigenvalue weighted by atomic mass is 10.1. The molecule has 0 saturated heterocycles. The fraction of sp³-hybridized carbons (Fsp3) is 0.714. The Bertz CT molecular complexity index is 306. The number of rotatable bonds is 8. The molecule has 1 fully saturated rings. The first-order valence-electron chi connectivity index (χ1n) is 6.71. The second-order valence-electron chi connectivity index (χ2n) is 5.21. The van der Waals surface area contributed by atoms with Crippen LogP contribution < -0.4 is 5.32 Å². The molecular weight excluding hydrogens is 228 g/mol. The van der Waals surface area contributed by atoms with Gasteiger partial charge in [-0.1, -0.05) is 6.07 Å². The number of nitrogens with one attached hydrogen (secondary N) is 1. The van der Waals surface area contributed by atoms with E-state index in [1.54, 1.807) is 0 Å². The molecule has 1 heterocycles. The number of hydrogen-bond acceptors (Lipinski definition) is 3. The second-order valence-corrected chi connectivity index (χ2v) is 6.25. The smallest absolute Gasteiger partial charge is 0.0327 e. The molecule has 0 radical (unpaired) electrons. The van der Waals surface area contributed by atoms with Crippen LogP contribution in [0.5, 0.6) is 0 Å². The van der Waals surface area contributed by atoms with Gasteiger partial charge in [-0.15, -0.1) is 11.3 Å². The standard InChI is InChI=1S/C14H24N2S/c1-12(5-3-9-15-13-7-8-13)16(2)11-14-6-4-10-17-14/h4,6,10,12-13,15H,3,5,7-9,11H2,1-2H3. The van der Waals surface area contributed by atoms with Gasteiger partial charge in [0.1, 0.15) is 0 Å². The van der Waals surface area contributed by atoms with Gasteiger partial charge in [0.2, 0.25) is 0 Å². The maximum Gasteiger partial charge on any atom is 0.0327 e. The summed E-state index contributed by atoms with van der Waals surface area (Å²) in [7, 11) is 2.23. The summed E-state index contributed by atoms with van der Waals surface area (Å²) in [6, 6.07) is 5.90. The Morgan fingerprint density at radius 3 is 3.00 bits per heavy atom. The molecule has 0 aliphatic heterocycles. The van der Waals surface area contributed by atoms with Crippen molar-refractivity contribution in [2.75, 3.05) is 13.6 Å². The lowest BCUT2D eigenvalue weighted by molar-refractivity contribution is 0.236. The van der Waals surface area contributed by atoms with Crippen LogP contribution in [0.15, 0.2) is 17.5 Å². The third-order valence-electron chi connectivity index (χ3n) is 3.55. The first-order valence-corrected chi connectivity index (χ1v) is 7.59. The fourth-order valence-corrected chi connectivity index (χ4v) is 2.78. The van der Waals surface area contributed by atoms with Crippen LogP contribution in [0.3, 0.4) is 0 Å². The van der Waals surface area contributed by atoms with Crippen molar-refractivity contribution >= 4 is 11.3 Å². The van der Waals surface area contributed by atoms with E-state index in [4.69, 9.17) is 0 Å². The highest BCUT2D eigenvalue weighted by Crippen LogP contribution is 2.19. The van der Waals surface area contributed by atoms with Crippen molar-refractivity contribution in [3.05, 3.63) is 22.4 Å². The van der Waals surface area contributed by atoms with E-state index in [1.165, 1.54) is 37.1 Å². The summed E-state index contributed by atoms with van der Waals surface area (Å²) >= 11 is 1.86. The average Bonchev–Trinajstić information content (AvgIpc) is 3.01. The average molecular weight is 252 g/mol. The summed E-state index contributed by atoms with van der Waals surface area (Å²) in [6.07, 6.45) is 5.38. The van der Waals surface area contributed by atoms with Gasteiger partial charge in [-0.25, -0.2) is 0 Å². The van der Waals surface area contributed by atoms with E-state index < -0.39 is 0 Å². The highest BCUT2D eigenvalue weighted by molar-refractivity contribution is 7.09. The normalized spacial score (nSPS) is 17.6. The van der Waals surface area contributed by atoms with Gasteiger partial charge in [0.15, 0.2) is 0 Å². The molecule has 1 saturated carbocycles. The van der Waals surface area contributed by atoms with E-state index >= 15 is 0 Å². The molecule has 2 nitrogen and oxygen atoms in total. The Labute approximate surface area is 109 Å². The molecule has 1 unspecified atom stereocenters. The molecule has 0 aromatic carbocycles. The van der Waals surface area contributed by atoms with Crippen molar-refractivity contribution in [1.29, 1.82) is 0 Å². The Kier molecular flexibility index (Phi) is 5.01. The number of thiophene rings is 1. The summed E-state index contributed by atoms with van der Waals surface area (Å²) in [6.45, 7) is 4.63. The van der Waals surface area contributed by atoms with Crippen molar-refractivity contribution < 1.29 is 0 Å². The monoisotopic (exact) mass is 252 g/mol. The highest BCUT2D eigenvalue weighted by atomic mass is 32.1. The van der Waals surface area contributed by atoms with Gasteiger partial charge in [0.05, 0.1) is 0 Å². The Morgan fingerprint density at radius 2 is 2.35 bits per heavy atom. The zero-order chi connectivity index (χ0) is 12.1. The van der Waals surface area contributed by atoms with E-state index in [0.717, 1.165) is 12.6 Å². The number of nitrogens with zero attached hydrogens (tertiary/aromatic N) is 1. The van der Waals surface area contributed by atoms with Crippen molar-refractivity contribution in [1.82, 2.24) is 10.2 Å². The van der Waals surface area contributed by atoms with Gasteiger partial charge in [-0.3, -0.25) is 4.90 Å². The van der Waals surface area contributed by atoms with E-state index in [2.05, 4.69) is 41.7 Å². The van der Waals surface area contributed by atoms with Crippen molar-refractivity contribution in [2.45, 2.75) is 51.2 Å². The van der Waals surface area contributed by atoms with Crippen LogP contribution in [0.25, 0.3) is 0 Å². The predicted molar refractivity (Wildman–Crippen MR) is 75.5 cm³/mol. The molecule has 1 N–H and O–H groups in total. The van der Waals surface area contributed by atoms with E-state index in [9.17, 15) is 0 Å². The van der Waals surface area contributed by atoms with Crippen molar-refractivity contribution in [2.24, 2.45) is 0 Å². The fourth-order valence-electron chi connectivity index (χ4n) is 2.02. The Balaban J connectivity index is 1.58. The van der Waals surface area contributed by atoms with Gasteiger partial charge in [0.25, 0.3) is 0 Å². The number of hydrogen-bond donors (Lipinski definition) is 1. The van der Waals surface area contributed by atoms with Crippen LogP contribution in [-0.2, 0) is 6.54 Å². The molecule has 0 amide bonds. The molecule has 1 aliphatic carbocycles. The van der Waals surface area contributed by atoms with Gasteiger partial charge in [-0.2, -0.15) is 0 Å². The molecule has 0 bridgehead atoms. The maximum absolute atomic E-state index is 3.58. The van der Waals surface area contributed by atoms with E-state index in [-0.39, 0.29) is 0 Å². The van der Waals surface area contributed by atoms with Crippen LogP contribution in [0.1, 0.15) is 37.5 Å². The minimum Gasteiger partial charge on any atom is -0.314 e. The lowest BCUT2D eigenvalue weighted by Gasteiger charge is -2.24. The summed E-state index contributed by atoms with van der Waals surface area (Å²) < 4.78 is 0. The summed E-state index contributed by atoms with van der Waals surface area (Å²) in [5, 5.41) is 5.74. The summed E-state index contributed by atoms with van der Waals surface area (Å²) in [5.41, 5.74) is 0. The van der Waals surface area contributed by atoms with Gasteiger partial charge in [0, 0.05) is 23.5 Å². The summed E-state index contributed by atoms with van der Waals surface area (Å²) in [5.74, 6) is 0. The van der Waals surface area contributed by atoms with Crippen LogP contribution in [0.2, 0.25) is 0 Å². The van der Waals surface area contributed by atoms with Crippen molar-refractivity contribution in [3.8, 4) is 0 Å². The van der Waals surface area contributed by atoms with E-state index in [1.807, 2.05) is 11.3 Å². The quantitative estimate of drug-likeness (QED) is 0.715. The minimum absolute atomic E-state index is 0.679. The second kappa shape index (κ2) is 6.53. The van der Waals surface area contributed by atoms with Crippen LogP contribution in [0.4, 0.5) is 0 Å². The third kappa shape index (κ3) is 4.78. The topological polar surface area (TPSA) is 15.3 Å². The Morgan fingerprint density at radius 1 is 1.53 bits per heavy atom. The lowest BCUT2D eigenvalue weighted by Crippen LogP contribution is -2.29. The third-order valence-corrected chi connectivity index (χ3v) is 4.41. The molecular formula is C14H24N2S. The molecule has 1 aromatic heterocycles. The molecule has 1 aromatic rings. The zero-order valence-corrected chi connectivity index (χ0v) is 11.8. The van der Waals surface area contributed by atoms with Gasteiger partial charge < -0.3 is 5.32 Å². The molecule has 1 aliphatic rings. The van der Waals surface area contributed by atoms with Crippen LogP contribution in [0, 0.1) is 0 Å². The van der Waals surface area contributed by atoms with Gasteiger partial charge in [-0.05, 0) is 57.6 Å². The molecule has 2 rings (SSSR count). The molecule has 0 spiro atoms. The molecule has 17 heavy (non-hydrogen) atoms. The molecule has 96 valence electrons. The minimum atomic E-state index is 0.679.